The predicted molar refractivity (Wildman–Crippen MR) is 128 cm³/mol. The van der Waals surface area contributed by atoms with Crippen LogP contribution in [0.2, 0.25) is 0 Å². The van der Waals surface area contributed by atoms with Gasteiger partial charge in [0, 0.05) is 49.9 Å². The predicted octanol–water partition coefficient (Wildman–Crippen LogP) is 4.29. The lowest BCUT2D eigenvalue weighted by atomic mass is 9.93. The number of nitrogens with zero attached hydrogens (tertiary/aromatic N) is 3. The van der Waals surface area contributed by atoms with Crippen molar-refractivity contribution >= 4 is 23.2 Å². The first-order valence-electron chi connectivity index (χ1n) is 11.2. The zero-order valence-electron chi connectivity index (χ0n) is 18.4. The Morgan fingerprint density at radius 3 is 2.66 bits per heavy atom. The molecule has 0 bridgehead atoms. The van der Waals surface area contributed by atoms with E-state index in [1.165, 1.54) is 10.4 Å². The smallest absolute Gasteiger partial charge is 0.227 e. The lowest BCUT2D eigenvalue weighted by molar-refractivity contribution is -0.134. The zero-order chi connectivity index (χ0) is 22.3. The van der Waals surface area contributed by atoms with Gasteiger partial charge in [0.1, 0.15) is 0 Å². The number of likely N-dealkylation sites (N-methyl/N-ethyl adjacent to an activating group) is 1. The molecule has 3 aromatic rings. The molecule has 1 aliphatic rings. The highest BCUT2D eigenvalue weighted by Crippen LogP contribution is 2.30. The van der Waals surface area contributed by atoms with E-state index in [1.807, 2.05) is 41.0 Å². The Kier molecular flexibility index (Phi) is 7.32. The van der Waals surface area contributed by atoms with E-state index in [1.54, 1.807) is 23.7 Å². The summed E-state index contributed by atoms with van der Waals surface area (Å²) in [6.45, 7) is 4.34. The Labute approximate surface area is 193 Å². The number of aromatic nitrogens is 1. The second kappa shape index (κ2) is 10.6. The van der Waals surface area contributed by atoms with Crippen LogP contribution in [-0.4, -0.2) is 52.8 Å². The summed E-state index contributed by atoms with van der Waals surface area (Å²) in [5.41, 5.74) is 3.45. The minimum Gasteiger partial charge on any atom is -0.341 e. The number of benzene rings is 1. The number of hydrogen-bond donors (Lipinski definition) is 0. The van der Waals surface area contributed by atoms with E-state index < -0.39 is 0 Å². The monoisotopic (exact) mass is 447 g/mol. The largest absolute Gasteiger partial charge is 0.341 e. The minimum atomic E-state index is -0.233. The third-order valence-electron chi connectivity index (χ3n) is 6.12. The first-order valence-corrected chi connectivity index (χ1v) is 12.1. The third kappa shape index (κ3) is 5.25. The van der Waals surface area contributed by atoms with Gasteiger partial charge in [0.2, 0.25) is 11.8 Å². The van der Waals surface area contributed by atoms with Gasteiger partial charge < -0.3 is 9.80 Å². The summed E-state index contributed by atoms with van der Waals surface area (Å²) in [4.78, 5) is 35.4. The van der Waals surface area contributed by atoms with Crippen molar-refractivity contribution in [2.45, 2.75) is 26.2 Å². The van der Waals surface area contributed by atoms with Gasteiger partial charge in [-0.25, -0.2) is 0 Å². The van der Waals surface area contributed by atoms with Gasteiger partial charge in [0.15, 0.2) is 0 Å². The first kappa shape index (κ1) is 22.2. The minimum absolute atomic E-state index is 0.115. The van der Waals surface area contributed by atoms with Crippen LogP contribution in [-0.2, 0) is 22.4 Å². The maximum Gasteiger partial charge on any atom is 0.227 e. The molecular formula is C26H29N3O2S. The van der Waals surface area contributed by atoms with Crippen LogP contribution in [0.15, 0.2) is 66.3 Å². The summed E-state index contributed by atoms with van der Waals surface area (Å²) >= 11 is 1.71. The molecule has 1 atom stereocenters. The highest BCUT2D eigenvalue weighted by Gasteiger charge is 2.32. The number of carbonyl (C=O) groups is 2. The highest BCUT2D eigenvalue weighted by molar-refractivity contribution is 7.13. The molecular weight excluding hydrogens is 418 g/mol. The number of hydrogen-bond acceptors (Lipinski definition) is 4. The van der Waals surface area contributed by atoms with E-state index in [9.17, 15) is 9.59 Å². The second-order valence-corrected chi connectivity index (χ2v) is 9.10. The van der Waals surface area contributed by atoms with Gasteiger partial charge in [-0.3, -0.25) is 14.6 Å². The van der Waals surface area contributed by atoms with Crippen LogP contribution >= 0.6 is 11.3 Å². The van der Waals surface area contributed by atoms with Crippen molar-refractivity contribution in [3.63, 3.8) is 0 Å². The summed E-state index contributed by atoms with van der Waals surface area (Å²) in [7, 11) is 0. The van der Waals surface area contributed by atoms with Gasteiger partial charge in [0.25, 0.3) is 0 Å². The van der Waals surface area contributed by atoms with E-state index in [4.69, 9.17) is 0 Å². The molecule has 1 aliphatic heterocycles. The van der Waals surface area contributed by atoms with E-state index in [2.05, 4.69) is 34.6 Å². The highest BCUT2D eigenvalue weighted by atomic mass is 32.1. The van der Waals surface area contributed by atoms with Crippen molar-refractivity contribution in [1.29, 1.82) is 0 Å². The molecule has 3 heterocycles. The number of carbonyl (C=O) groups excluding carboxylic acids is 2. The molecule has 5 nitrogen and oxygen atoms in total. The third-order valence-corrected chi connectivity index (χ3v) is 7.03. The molecule has 1 aromatic carbocycles. The lowest BCUT2D eigenvalue weighted by Gasteiger charge is -2.24. The van der Waals surface area contributed by atoms with Crippen molar-refractivity contribution < 1.29 is 9.59 Å². The number of aryl methyl sites for hydroxylation is 1. The fourth-order valence-electron chi connectivity index (χ4n) is 4.33. The molecule has 0 radical (unpaired) electrons. The van der Waals surface area contributed by atoms with Gasteiger partial charge in [-0.2, -0.15) is 0 Å². The Morgan fingerprint density at radius 2 is 1.91 bits per heavy atom. The van der Waals surface area contributed by atoms with E-state index in [-0.39, 0.29) is 17.7 Å². The van der Waals surface area contributed by atoms with Crippen molar-refractivity contribution in [1.82, 2.24) is 14.8 Å². The molecule has 2 amide bonds. The second-order valence-electron chi connectivity index (χ2n) is 8.15. The SMILES string of the molecule is CCN1CCN(C(=O)CCc2ccncc2)CC(Cc2ccccc2-c2cccs2)C1=O. The molecule has 1 saturated heterocycles. The van der Waals surface area contributed by atoms with Gasteiger partial charge in [-0.05, 0) is 60.0 Å². The number of thiophene rings is 1. The Morgan fingerprint density at radius 1 is 1.09 bits per heavy atom. The van der Waals surface area contributed by atoms with Crippen LogP contribution in [0.1, 0.15) is 24.5 Å². The average Bonchev–Trinajstić information content (AvgIpc) is 3.32. The molecule has 32 heavy (non-hydrogen) atoms. The molecule has 0 spiro atoms. The molecule has 0 aliphatic carbocycles. The van der Waals surface area contributed by atoms with Crippen LogP contribution in [0.5, 0.6) is 0 Å². The maximum atomic E-state index is 13.3. The van der Waals surface area contributed by atoms with Crippen molar-refractivity contribution in [2.24, 2.45) is 5.92 Å². The molecule has 4 rings (SSSR count). The summed E-state index contributed by atoms with van der Waals surface area (Å²) in [5, 5.41) is 2.07. The van der Waals surface area contributed by atoms with E-state index >= 15 is 0 Å². The maximum absolute atomic E-state index is 13.3. The molecule has 0 saturated carbocycles. The van der Waals surface area contributed by atoms with Gasteiger partial charge in [-0.15, -0.1) is 11.3 Å². The number of pyridine rings is 1. The lowest BCUT2D eigenvalue weighted by Crippen LogP contribution is -2.38. The van der Waals surface area contributed by atoms with E-state index in [0.717, 1.165) is 11.1 Å². The Bertz CT molecular complexity index is 1040. The molecule has 166 valence electrons. The Hall–Kier alpha value is -2.99. The molecule has 0 N–H and O–H groups in total. The van der Waals surface area contributed by atoms with Gasteiger partial charge in [-0.1, -0.05) is 30.3 Å². The summed E-state index contributed by atoms with van der Waals surface area (Å²) < 4.78 is 0. The van der Waals surface area contributed by atoms with Gasteiger partial charge in [0.05, 0.1) is 5.92 Å². The van der Waals surface area contributed by atoms with E-state index in [0.29, 0.717) is 45.4 Å². The van der Waals surface area contributed by atoms with Crippen LogP contribution in [0.25, 0.3) is 10.4 Å². The number of amides is 2. The standard InChI is InChI=1S/C26H29N3O2S/c1-2-28-15-16-29(25(30)10-9-20-11-13-27-14-12-20)19-22(26(28)31)18-21-6-3-4-7-23(21)24-8-5-17-32-24/h3-8,11-14,17,22H,2,9-10,15-16,18-19H2,1H3. The summed E-state index contributed by atoms with van der Waals surface area (Å²) in [6.07, 6.45) is 5.28. The average molecular weight is 448 g/mol. The molecule has 2 aromatic heterocycles. The topological polar surface area (TPSA) is 53.5 Å². The van der Waals surface area contributed by atoms with Crippen molar-refractivity contribution in [3.05, 3.63) is 77.4 Å². The van der Waals surface area contributed by atoms with Crippen LogP contribution in [0.4, 0.5) is 0 Å². The van der Waals surface area contributed by atoms with Crippen molar-refractivity contribution in [2.75, 3.05) is 26.2 Å². The van der Waals surface area contributed by atoms with Crippen LogP contribution in [0, 0.1) is 5.92 Å². The fraction of sp³-hybridized carbons (Fsp3) is 0.346. The normalized spacial score (nSPS) is 16.8. The van der Waals surface area contributed by atoms with Crippen LogP contribution < -0.4 is 0 Å². The molecule has 1 unspecified atom stereocenters. The first-order chi connectivity index (χ1) is 15.7. The molecule has 1 fully saturated rings. The number of rotatable bonds is 7. The quantitative estimate of drug-likeness (QED) is 0.543. The zero-order valence-corrected chi connectivity index (χ0v) is 19.3. The summed E-state index contributed by atoms with van der Waals surface area (Å²) in [6, 6.07) is 16.4. The van der Waals surface area contributed by atoms with Crippen molar-refractivity contribution in [3.8, 4) is 10.4 Å². The summed E-state index contributed by atoms with van der Waals surface area (Å²) in [5.74, 6) is 0.0328. The van der Waals surface area contributed by atoms with Crippen LogP contribution in [0.3, 0.4) is 0 Å². The Balaban J connectivity index is 1.51. The van der Waals surface area contributed by atoms with Gasteiger partial charge >= 0.3 is 0 Å². The molecule has 6 heteroatoms. The fourth-order valence-corrected chi connectivity index (χ4v) is 5.12.